The van der Waals surface area contributed by atoms with Gasteiger partial charge in [0.2, 0.25) is 0 Å². The van der Waals surface area contributed by atoms with Gasteiger partial charge >= 0.3 is 0 Å². The summed E-state index contributed by atoms with van der Waals surface area (Å²) >= 11 is 3.59. The first-order valence-electron chi connectivity index (χ1n) is 15.4. The molecule has 0 fully saturated rings. The highest BCUT2D eigenvalue weighted by atomic mass is 32.1. The molecular formula is C42H25OPS2. The maximum absolute atomic E-state index is 16.6. The number of rotatable bonds is 3. The van der Waals surface area contributed by atoms with Crippen LogP contribution in [0.1, 0.15) is 0 Å². The Balaban J connectivity index is 1.38. The van der Waals surface area contributed by atoms with Crippen LogP contribution in [0.5, 0.6) is 0 Å². The fourth-order valence-corrected chi connectivity index (χ4v) is 12.5. The predicted molar refractivity (Wildman–Crippen MR) is 204 cm³/mol. The molecule has 0 N–H and O–H groups in total. The van der Waals surface area contributed by atoms with Gasteiger partial charge in [-0.05, 0) is 75.5 Å². The molecule has 216 valence electrons. The second kappa shape index (κ2) is 9.85. The highest BCUT2D eigenvalue weighted by Crippen LogP contribution is 2.49. The molecule has 0 bridgehead atoms. The van der Waals surface area contributed by atoms with E-state index in [-0.39, 0.29) is 0 Å². The standard InChI is InChI=1S/C42H25OPS2/c43-44(26-20-22-40-35(24-26)31-13-5-7-18-38(31)45-40,27-21-23-41-36(25-27)32-14-6-8-19-39(32)46-41)37-17-9-16-34-30-11-2-1-10-28(30)29-12-3-4-15-33(29)42(34)37/h1-25H. The van der Waals surface area contributed by atoms with Crippen molar-refractivity contribution in [3.63, 3.8) is 0 Å². The van der Waals surface area contributed by atoms with Gasteiger partial charge in [-0.2, -0.15) is 0 Å². The normalized spacial score (nSPS) is 12.4. The minimum Gasteiger partial charge on any atom is -0.309 e. The number of thiophene rings is 2. The lowest BCUT2D eigenvalue weighted by Gasteiger charge is -2.23. The Kier molecular flexibility index (Phi) is 5.66. The minimum absolute atomic E-state index is 0.868. The monoisotopic (exact) mass is 640 g/mol. The molecule has 2 aromatic heterocycles. The van der Waals surface area contributed by atoms with E-state index in [0.29, 0.717) is 0 Å². The molecular weight excluding hydrogens is 616 g/mol. The molecule has 4 heteroatoms. The molecule has 0 aliphatic heterocycles. The van der Waals surface area contributed by atoms with Gasteiger partial charge in [-0.15, -0.1) is 22.7 Å². The zero-order valence-electron chi connectivity index (χ0n) is 24.6. The van der Waals surface area contributed by atoms with E-state index >= 15 is 4.57 Å². The molecule has 0 atom stereocenters. The summed E-state index contributed by atoms with van der Waals surface area (Å²) in [4.78, 5) is 0. The highest BCUT2D eigenvalue weighted by molar-refractivity contribution is 7.85. The maximum atomic E-state index is 16.6. The van der Waals surface area contributed by atoms with Crippen molar-refractivity contribution in [2.45, 2.75) is 0 Å². The first-order valence-corrected chi connectivity index (χ1v) is 18.8. The molecule has 1 nitrogen and oxygen atoms in total. The molecule has 0 amide bonds. The zero-order chi connectivity index (χ0) is 30.4. The molecule has 2 heterocycles. The van der Waals surface area contributed by atoms with Crippen molar-refractivity contribution in [3.8, 4) is 0 Å². The van der Waals surface area contributed by atoms with Gasteiger partial charge in [-0.3, -0.25) is 0 Å². The van der Waals surface area contributed by atoms with Gasteiger partial charge in [0.15, 0.2) is 7.14 Å². The van der Waals surface area contributed by atoms with Crippen LogP contribution < -0.4 is 15.9 Å². The maximum Gasteiger partial charge on any atom is 0.171 e. The summed E-state index contributed by atoms with van der Waals surface area (Å²) in [6, 6.07) is 53.8. The van der Waals surface area contributed by atoms with Gasteiger partial charge < -0.3 is 4.57 Å². The summed E-state index contributed by atoms with van der Waals surface area (Å²) in [5.41, 5.74) is 0. The second-order valence-electron chi connectivity index (χ2n) is 12.0. The molecule has 0 aliphatic carbocycles. The quantitative estimate of drug-likeness (QED) is 0.139. The average Bonchev–Trinajstić information content (AvgIpc) is 3.69. The van der Waals surface area contributed by atoms with E-state index in [0.717, 1.165) is 42.8 Å². The summed E-state index contributed by atoms with van der Waals surface area (Å²) in [5, 5.41) is 14.3. The Hall–Kier alpha value is -4.79. The Morgan fingerprint density at radius 1 is 0.348 bits per heavy atom. The third kappa shape index (κ3) is 3.65. The van der Waals surface area contributed by atoms with E-state index in [1.807, 2.05) is 0 Å². The Morgan fingerprint density at radius 2 is 0.739 bits per heavy atom. The molecule has 0 aliphatic rings. The lowest BCUT2D eigenvalue weighted by molar-refractivity contribution is 0.592. The Labute approximate surface area is 273 Å². The van der Waals surface area contributed by atoms with Crippen molar-refractivity contribution < 1.29 is 4.57 Å². The van der Waals surface area contributed by atoms with Gasteiger partial charge in [-0.1, -0.05) is 103 Å². The zero-order valence-corrected chi connectivity index (χ0v) is 27.1. The summed E-state index contributed by atoms with van der Waals surface area (Å²) in [7, 11) is -3.41. The number of hydrogen-bond donors (Lipinski definition) is 0. The van der Waals surface area contributed by atoms with Crippen LogP contribution in [0, 0.1) is 0 Å². The van der Waals surface area contributed by atoms with E-state index in [4.69, 9.17) is 0 Å². The molecule has 46 heavy (non-hydrogen) atoms. The van der Waals surface area contributed by atoms with Gasteiger partial charge in [-0.25, -0.2) is 0 Å². The molecule has 0 radical (unpaired) electrons. The summed E-state index contributed by atoms with van der Waals surface area (Å²) < 4.78 is 21.5. The van der Waals surface area contributed by atoms with Gasteiger partial charge in [0.25, 0.3) is 0 Å². The molecule has 0 saturated carbocycles. The van der Waals surface area contributed by atoms with Crippen LogP contribution in [-0.2, 0) is 4.57 Å². The van der Waals surface area contributed by atoms with Crippen molar-refractivity contribution in [2.75, 3.05) is 0 Å². The molecule has 0 spiro atoms. The average molecular weight is 641 g/mol. The van der Waals surface area contributed by atoms with Crippen molar-refractivity contribution in [1.82, 2.24) is 0 Å². The van der Waals surface area contributed by atoms with Gasteiger partial charge in [0.05, 0.1) is 0 Å². The minimum atomic E-state index is -3.41. The highest BCUT2D eigenvalue weighted by Gasteiger charge is 2.33. The lowest BCUT2D eigenvalue weighted by Crippen LogP contribution is -2.25. The fraction of sp³-hybridized carbons (Fsp3) is 0. The molecule has 10 rings (SSSR count). The van der Waals surface area contributed by atoms with Crippen LogP contribution in [0.4, 0.5) is 0 Å². The number of fused-ring (bicyclic) bond motifs is 12. The molecule has 0 unspecified atom stereocenters. The second-order valence-corrected chi connectivity index (χ2v) is 16.9. The van der Waals surface area contributed by atoms with Crippen molar-refractivity contribution in [2.24, 2.45) is 0 Å². The first-order chi connectivity index (χ1) is 22.7. The van der Waals surface area contributed by atoms with Crippen LogP contribution in [-0.4, -0.2) is 0 Å². The van der Waals surface area contributed by atoms with E-state index in [1.165, 1.54) is 45.7 Å². The third-order valence-corrected chi connectivity index (χ3v) is 14.9. The van der Waals surface area contributed by atoms with Crippen LogP contribution in [0.15, 0.2) is 152 Å². The summed E-state index contributed by atoms with van der Waals surface area (Å²) in [6.07, 6.45) is 0. The molecule has 10 aromatic rings. The van der Waals surface area contributed by atoms with E-state index < -0.39 is 7.14 Å². The van der Waals surface area contributed by atoms with Gasteiger partial charge in [0, 0.05) is 61.6 Å². The molecule has 0 saturated heterocycles. The van der Waals surface area contributed by atoms with E-state index in [9.17, 15) is 0 Å². The van der Waals surface area contributed by atoms with Crippen molar-refractivity contribution in [1.29, 1.82) is 0 Å². The SMILES string of the molecule is O=P(c1ccc2sc3ccccc3c2c1)(c1ccc2sc3ccccc3c2c1)c1cccc2c3ccccc3c3ccccc3c12. The summed E-state index contributed by atoms with van der Waals surface area (Å²) in [6.45, 7) is 0. The third-order valence-electron chi connectivity index (χ3n) is 9.53. The first kappa shape index (κ1) is 26.4. The number of benzene rings is 8. The predicted octanol–water partition coefficient (Wildman–Crippen LogP) is 11.5. The topological polar surface area (TPSA) is 17.1 Å². The van der Waals surface area contributed by atoms with Crippen LogP contribution in [0.25, 0.3) is 72.7 Å². The fourth-order valence-electron chi connectivity index (χ4n) is 7.45. The smallest absolute Gasteiger partial charge is 0.171 e. The van der Waals surface area contributed by atoms with Crippen LogP contribution in [0.3, 0.4) is 0 Å². The van der Waals surface area contributed by atoms with Crippen LogP contribution >= 0.6 is 29.8 Å². The van der Waals surface area contributed by atoms with Crippen molar-refractivity contribution in [3.05, 3.63) is 152 Å². The largest absolute Gasteiger partial charge is 0.309 e. The van der Waals surface area contributed by atoms with Gasteiger partial charge in [0.1, 0.15) is 0 Å². The van der Waals surface area contributed by atoms with E-state index in [2.05, 4.69) is 152 Å². The molecule has 8 aromatic carbocycles. The summed E-state index contributed by atoms with van der Waals surface area (Å²) in [5.74, 6) is 0. The van der Waals surface area contributed by atoms with Crippen LogP contribution in [0.2, 0.25) is 0 Å². The Bertz CT molecular complexity index is 2750. The number of hydrogen-bond acceptors (Lipinski definition) is 3. The Morgan fingerprint density at radius 3 is 1.26 bits per heavy atom. The lowest BCUT2D eigenvalue weighted by atomic mass is 9.94. The van der Waals surface area contributed by atoms with E-state index in [1.54, 1.807) is 22.7 Å². The van der Waals surface area contributed by atoms with Crippen molar-refractivity contribution >= 4 is 118 Å².